The molecule has 0 saturated carbocycles. The number of aliphatic hydroxyl groups is 1. The van der Waals surface area contributed by atoms with Crippen LogP contribution in [0.1, 0.15) is 10.4 Å². The number of rotatable bonds is 2. The van der Waals surface area contributed by atoms with E-state index < -0.39 is 0 Å². The molecule has 0 aromatic carbocycles. The highest BCUT2D eigenvalue weighted by molar-refractivity contribution is 7.10. The average Bonchev–Trinajstić information content (AvgIpc) is 2.86. The van der Waals surface area contributed by atoms with Gasteiger partial charge in [0.1, 0.15) is 6.61 Å². The van der Waals surface area contributed by atoms with Crippen molar-refractivity contribution in [1.29, 1.82) is 0 Å². The molecule has 5 heteroatoms. The summed E-state index contributed by atoms with van der Waals surface area (Å²) >= 11 is 7.40. The number of hydrogen-bond acceptors (Lipinski definition) is 3. The van der Waals surface area contributed by atoms with E-state index in [9.17, 15) is 0 Å². The predicted octanol–water partition coefficient (Wildman–Crippen LogP) is 1.99. The van der Waals surface area contributed by atoms with Gasteiger partial charge in [-0.15, -0.1) is 11.3 Å². The summed E-state index contributed by atoms with van der Waals surface area (Å²) in [5.74, 6) is 5.54. The van der Waals surface area contributed by atoms with Gasteiger partial charge in [-0.2, -0.15) is 5.10 Å². The Bertz CT molecular complexity index is 535. The third-order valence-corrected chi connectivity index (χ3v) is 3.06. The number of thiophene rings is 1. The maximum absolute atomic E-state index is 8.64. The van der Waals surface area contributed by atoms with Crippen molar-refractivity contribution in [2.75, 3.05) is 6.61 Å². The SMILES string of the molecule is OCC#Cc1ccsc1Cn1cc(Cl)cn1. The minimum Gasteiger partial charge on any atom is -0.384 e. The zero-order valence-corrected chi connectivity index (χ0v) is 9.92. The van der Waals surface area contributed by atoms with Gasteiger partial charge in [0.15, 0.2) is 0 Å². The lowest BCUT2D eigenvalue weighted by molar-refractivity contribution is 0.350. The quantitative estimate of drug-likeness (QED) is 0.831. The van der Waals surface area contributed by atoms with Crippen LogP contribution in [-0.2, 0) is 6.54 Å². The van der Waals surface area contributed by atoms with Gasteiger partial charge in [0, 0.05) is 16.6 Å². The number of nitrogens with zero attached hydrogens (tertiary/aromatic N) is 2. The molecule has 0 aliphatic heterocycles. The fourth-order valence-corrected chi connectivity index (χ4v) is 2.26. The van der Waals surface area contributed by atoms with Gasteiger partial charge in [-0.05, 0) is 11.4 Å². The Hall–Kier alpha value is -1.28. The van der Waals surface area contributed by atoms with E-state index in [-0.39, 0.29) is 6.61 Å². The Kier molecular flexibility index (Phi) is 3.62. The maximum Gasteiger partial charge on any atom is 0.104 e. The lowest BCUT2D eigenvalue weighted by atomic mass is 10.2. The Morgan fingerprint density at radius 2 is 2.44 bits per heavy atom. The fraction of sp³-hybridized carbons (Fsp3) is 0.182. The minimum atomic E-state index is -0.122. The van der Waals surface area contributed by atoms with Crippen LogP contribution in [0.3, 0.4) is 0 Å². The van der Waals surface area contributed by atoms with E-state index in [1.54, 1.807) is 28.4 Å². The summed E-state index contributed by atoms with van der Waals surface area (Å²) in [6, 6.07) is 1.94. The van der Waals surface area contributed by atoms with Crippen molar-refractivity contribution < 1.29 is 5.11 Å². The molecule has 0 saturated heterocycles. The fourth-order valence-electron chi connectivity index (χ4n) is 1.28. The van der Waals surface area contributed by atoms with E-state index in [2.05, 4.69) is 16.9 Å². The van der Waals surface area contributed by atoms with Crippen LogP contribution in [-0.4, -0.2) is 21.5 Å². The van der Waals surface area contributed by atoms with Crippen molar-refractivity contribution >= 4 is 22.9 Å². The van der Waals surface area contributed by atoms with Crippen molar-refractivity contribution in [3.8, 4) is 11.8 Å². The summed E-state index contributed by atoms with van der Waals surface area (Å²) in [5.41, 5.74) is 0.936. The summed E-state index contributed by atoms with van der Waals surface area (Å²) in [6.45, 7) is 0.530. The first-order valence-electron chi connectivity index (χ1n) is 4.63. The molecule has 0 unspecified atom stereocenters. The third-order valence-electron chi connectivity index (χ3n) is 1.95. The second-order valence-corrected chi connectivity index (χ2v) is 4.51. The van der Waals surface area contributed by atoms with Crippen LogP contribution < -0.4 is 0 Å². The van der Waals surface area contributed by atoms with E-state index in [4.69, 9.17) is 16.7 Å². The molecule has 2 aromatic heterocycles. The molecule has 2 aromatic rings. The normalized spacial score (nSPS) is 9.88. The van der Waals surface area contributed by atoms with Gasteiger partial charge in [-0.3, -0.25) is 4.68 Å². The van der Waals surface area contributed by atoms with Crippen LogP contribution in [0.15, 0.2) is 23.8 Å². The Morgan fingerprint density at radius 1 is 1.56 bits per heavy atom. The number of aliphatic hydroxyl groups excluding tert-OH is 1. The van der Waals surface area contributed by atoms with Crippen molar-refractivity contribution in [2.24, 2.45) is 0 Å². The van der Waals surface area contributed by atoms with Crippen molar-refractivity contribution in [3.05, 3.63) is 39.3 Å². The number of hydrogen-bond donors (Lipinski definition) is 1. The van der Waals surface area contributed by atoms with Crippen LogP contribution in [0.4, 0.5) is 0 Å². The number of aromatic nitrogens is 2. The first-order chi connectivity index (χ1) is 7.79. The van der Waals surface area contributed by atoms with Crippen molar-refractivity contribution in [2.45, 2.75) is 6.54 Å². The molecule has 0 atom stereocenters. The topological polar surface area (TPSA) is 38.0 Å². The average molecular weight is 253 g/mol. The summed E-state index contributed by atoms with van der Waals surface area (Å²) in [7, 11) is 0. The number of halogens is 1. The van der Waals surface area contributed by atoms with Gasteiger partial charge in [-0.1, -0.05) is 23.4 Å². The Morgan fingerprint density at radius 3 is 3.12 bits per heavy atom. The molecule has 0 bridgehead atoms. The molecule has 3 nitrogen and oxygen atoms in total. The van der Waals surface area contributed by atoms with E-state index in [1.807, 2.05) is 11.4 Å². The Labute approximate surface area is 102 Å². The summed E-state index contributed by atoms with van der Waals surface area (Å²) in [5, 5.41) is 15.3. The van der Waals surface area contributed by atoms with Crippen LogP contribution in [0.2, 0.25) is 5.02 Å². The van der Waals surface area contributed by atoms with Gasteiger partial charge < -0.3 is 5.11 Å². The van der Waals surface area contributed by atoms with Gasteiger partial charge in [0.2, 0.25) is 0 Å². The molecule has 16 heavy (non-hydrogen) atoms. The molecular weight excluding hydrogens is 244 g/mol. The van der Waals surface area contributed by atoms with Gasteiger partial charge >= 0.3 is 0 Å². The molecule has 0 radical (unpaired) electrons. The minimum absolute atomic E-state index is 0.122. The molecule has 2 heterocycles. The highest BCUT2D eigenvalue weighted by Crippen LogP contribution is 2.17. The molecule has 1 N–H and O–H groups in total. The predicted molar refractivity (Wildman–Crippen MR) is 64.6 cm³/mol. The summed E-state index contributed by atoms with van der Waals surface area (Å²) in [4.78, 5) is 1.11. The molecule has 0 aliphatic rings. The first kappa shape index (κ1) is 11.2. The summed E-state index contributed by atoms with van der Waals surface area (Å²) < 4.78 is 1.76. The lowest BCUT2D eigenvalue weighted by Crippen LogP contribution is -1.99. The second-order valence-electron chi connectivity index (χ2n) is 3.07. The standard InChI is InChI=1S/C11H9ClN2OS/c12-10-6-13-14(7-10)8-11-9(2-1-4-15)3-5-16-11/h3,5-7,15H,4,8H2. The molecule has 0 spiro atoms. The third kappa shape index (κ3) is 2.64. The van der Waals surface area contributed by atoms with E-state index in [0.717, 1.165) is 10.4 Å². The molecule has 0 fully saturated rings. The second kappa shape index (κ2) is 5.17. The largest absolute Gasteiger partial charge is 0.384 e. The smallest absolute Gasteiger partial charge is 0.104 e. The van der Waals surface area contributed by atoms with Crippen LogP contribution in [0.5, 0.6) is 0 Å². The molecular formula is C11H9ClN2OS. The maximum atomic E-state index is 8.64. The molecule has 0 aliphatic carbocycles. The van der Waals surface area contributed by atoms with E-state index in [1.165, 1.54) is 0 Å². The lowest BCUT2D eigenvalue weighted by Gasteiger charge is -1.98. The Balaban J connectivity index is 2.18. The highest BCUT2D eigenvalue weighted by atomic mass is 35.5. The highest BCUT2D eigenvalue weighted by Gasteiger charge is 2.03. The monoisotopic (exact) mass is 252 g/mol. The van der Waals surface area contributed by atoms with E-state index >= 15 is 0 Å². The first-order valence-corrected chi connectivity index (χ1v) is 5.89. The van der Waals surface area contributed by atoms with Crippen LogP contribution in [0, 0.1) is 11.8 Å². The van der Waals surface area contributed by atoms with E-state index in [0.29, 0.717) is 11.6 Å². The van der Waals surface area contributed by atoms with Crippen molar-refractivity contribution in [3.63, 3.8) is 0 Å². The van der Waals surface area contributed by atoms with Crippen LogP contribution >= 0.6 is 22.9 Å². The van der Waals surface area contributed by atoms with Crippen LogP contribution in [0.25, 0.3) is 0 Å². The molecule has 82 valence electrons. The summed E-state index contributed by atoms with van der Waals surface area (Å²) in [6.07, 6.45) is 3.37. The van der Waals surface area contributed by atoms with Gasteiger partial charge in [0.25, 0.3) is 0 Å². The zero-order valence-electron chi connectivity index (χ0n) is 8.35. The van der Waals surface area contributed by atoms with Gasteiger partial charge in [-0.25, -0.2) is 0 Å². The molecule has 0 amide bonds. The zero-order chi connectivity index (χ0) is 11.4. The van der Waals surface area contributed by atoms with Gasteiger partial charge in [0.05, 0.1) is 17.8 Å². The van der Waals surface area contributed by atoms with Crippen molar-refractivity contribution in [1.82, 2.24) is 9.78 Å². The molecule has 2 rings (SSSR count).